The second kappa shape index (κ2) is 5.90. The Labute approximate surface area is 132 Å². The van der Waals surface area contributed by atoms with Gasteiger partial charge in [0.1, 0.15) is 24.2 Å². The van der Waals surface area contributed by atoms with Gasteiger partial charge < -0.3 is 9.47 Å². The Morgan fingerprint density at radius 2 is 2.19 bits per heavy atom. The number of ether oxygens (including phenoxy) is 2. The molecular formula is C17H15BrO3. The molecule has 0 saturated heterocycles. The predicted molar refractivity (Wildman–Crippen MR) is 84.3 cm³/mol. The number of carbonyl (C=O) groups is 1. The standard InChI is InChI=1S/C17H15BrO3/c1-11-2-5-17-12(6-11)7-15(21-17)10-20-14-3-4-16(18)13(8-14)9-19/h2-6,8-9,15H,7,10H2,1H3. The fraction of sp³-hybridized carbons (Fsp3) is 0.235. The number of hydrogen-bond acceptors (Lipinski definition) is 3. The number of benzene rings is 2. The number of fused-ring (bicyclic) bond motifs is 1. The lowest BCUT2D eigenvalue weighted by molar-refractivity contribution is 0.112. The quantitative estimate of drug-likeness (QED) is 0.786. The molecule has 0 aliphatic carbocycles. The molecule has 0 N–H and O–H groups in total. The molecule has 21 heavy (non-hydrogen) atoms. The van der Waals surface area contributed by atoms with Gasteiger partial charge in [-0.15, -0.1) is 0 Å². The maximum absolute atomic E-state index is 10.9. The van der Waals surface area contributed by atoms with Crippen molar-refractivity contribution in [2.75, 3.05) is 6.61 Å². The van der Waals surface area contributed by atoms with Gasteiger partial charge in [-0.05, 0) is 36.8 Å². The molecule has 3 nitrogen and oxygen atoms in total. The van der Waals surface area contributed by atoms with Crippen molar-refractivity contribution in [1.82, 2.24) is 0 Å². The van der Waals surface area contributed by atoms with Crippen LogP contribution in [0.1, 0.15) is 21.5 Å². The molecule has 4 heteroatoms. The molecule has 0 saturated carbocycles. The average Bonchev–Trinajstić information content (AvgIpc) is 2.88. The van der Waals surface area contributed by atoms with Crippen LogP contribution in [0, 0.1) is 6.92 Å². The topological polar surface area (TPSA) is 35.5 Å². The van der Waals surface area contributed by atoms with Crippen molar-refractivity contribution in [2.45, 2.75) is 19.4 Å². The molecule has 2 aromatic carbocycles. The van der Waals surface area contributed by atoms with E-state index in [9.17, 15) is 4.79 Å². The summed E-state index contributed by atoms with van der Waals surface area (Å²) in [5.41, 5.74) is 3.05. The molecule has 1 heterocycles. The first-order valence-corrected chi connectivity index (χ1v) is 7.59. The number of aldehydes is 1. The third kappa shape index (κ3) is 3.10. The van der Waals surface area contributed by atoms with Crippen LogP contribution in [-0.4, -0.2) is 19.0 Å². The second-order valence-electron chi connectivity index (χ2n) is 5.17. The van der Waals surface area contributed by atoms with Crippen LogP contribution < -0.4 is 9.47 Å². The van der Waals surface area contributed by atoms with E-state index in [0.29, 0.717) is 17.9 Å². The Kier molecular flexibility index (Phi) is 3.97. The summed E-state index contributed by atoms with van der Waals surface area (Å²) in [5, 5.41) is 0. The minimum absolute atomic E-state index is 0.0186. The molecule has 1 aliphatic rings. The zero-order valence-corrected chi connectivity index (χ0v) is 13.2. The number of carbonyl (C=O) groups excluding carboxylic acids is 1. The van der Waals surface area contributed by atoms with Crippen LogP contribution in [0.2, 0.25) is 0 Å². The van der Waals surface area contributed by atoms with E-state index in [1.54, 1.807) is 6.07 Å². The van der Waals surface area contributed by atoms with Gasteiger partial charge in [-0.25, -0.2) is 0 Å². The molecule has 1 unspecified atom stereocenters. The molecule has 2 aromatic rings. The van der Waals surface area contributed by atoms with Gasteiger partial charge >= 0.3 is 0 Å². The van der Waals surface area contributed by atoms with E-state index in [2.05, 4.69) is 28.9 Å². The highest BCUT2D eigenvalue weighted by Crippen LogP contribution is 2.30. The lowest BCUT2D eigenvalue weighted by Gasteiger charge is -2.13. The van der Waals surface area contributed by atoms with Gasteiger partial charge in [0.15, 0.2) is 6.29 Å². The predicted octanol–water partition coefficient (Wildman–Crippen LogP) is 3.95. The summed E-state index contributed by atoms with van der Waals surface area (Å²) in [6.45, 7) is 2.54. The second-order valence-corrected chi connectivity index (χ2v) is 6.02. The molecule has 0 spiro atoms. The molecule has 1 atom stereocenters. The first kappa shape index (κ1) is 14.1. The molecule has 0 amide bonds. The van der Waals surface area contributed by atoms with Crippen molar-refractivity contribution in [3.8, 4) is 11.5 Å². The summed E-state index contributed by atoms with van der Waals surface area (Å²) in [6, 6.07) is 11.6. The number of aryl methyl sites for hydroxylation is 1. The lowest BCUT2D eigenvalue weighted by atomic mass is 10.1. The summed E-state index contributed by atoms with van der Waals surface area (Å²) in [7, 11) is 0. The van der Waals surface area contributed by atoms with Gasteiger partial charge in [-0.1, -0.05) is 33.6 Å². The van der Waals surface area contributed by atoms with Crippen molar-refractivity contribution in [3.63, 3.8) is 0 Å². The highest BCUT2D eigenvalue weighted by atomic mass is 79.9. The van der Waals surface area contributed by atoms with E-state index in [4.69, 9.17) is 9.47 Å². The van der Waals surface area contributed by atoms with Crippen molar-refractivity contribution < 1.29 is 14.3 Å². The van der Waals surface area contributed by atoms with Crippen LogP contribution >= 0.6 is 15.9 Å². The van der Waals surface area contributed by atoms with Crippen molar-refractivity contribution in [1.29, 1.82) is 0 Å². The number of hydrogen-bond donors (Lipinski definition) is 0. The molecule has 108 valence electrons. The summed E-state index contributed by atoms with van der Waals surface area (Å²) in [6.07, 6.45) is 1.68. The monoisotopic (exact) mass is 346 g/mol. The SMILES string of the molecule is Cc1ccc2c(c1)CC(COc1ccc(Br)c(C=O)c1)O2. The first-order valence-electron chi connectivity index (χ1n) is 6.79. The number of halogens is 1. The Morgan fingerprint density at radius 1 is 1.33 bits per heavy atom. The van der Waals surface area contributed by atoms with Crippen LogP contribution in [0.15, 0.2) is 40.9 Å². The normalized spacial score (nSPS) is 16.2. The minimum Gasteiger partial charge on any atom is -0.490 e. The van der Waals surface area contributed by atoms with E-state index in [-0.39, 0.29) is 6.10 Å². The molecule has 3 rings (SSSR count). The van der Waals surface area contributed by atoms with Gasteiger partial charge in [0.25, 0.3) is 0 Å². The first-order chi connectivity index (χ1) is 10.2. The van der Waals surface area contributed by atoms with E-state index in [1.807, 2.05) is 24.3 Å². The molecule has 1 aliphatic heterocycles. The Morgan fingerprint density at radius 3 is 3.00 bits per heavy atom. The van der Waals surface area contributed by atoms with E-state index < -0.39 is 0 Å². The maximum Gasteiger partial charge on any atom is 0.151 e. The lowest BCUT2D eigenvalue weighted by Crippen LogP contribution is -2.22. The van der Waals surface area contributed by atoms with Crippen LogP contribution in [0.25, 0.3) is 0 Å². The molecular weight excluding hydrogens is 332 g/mol. The molecule has 0 aromatic heterocycles. The summed E-state index contributed by atoms with van der Waals surface area (Å²) in [4.78, 5) is 10.9. The van der Waals surface area contributed by atoms with Crippen molar-refractivity contribution >= 4 is 22.2 Å². The van der Waals surface area contributed by atoms with Crippen LogP contribution in [0.4, 0.5) is 0 Å². The Balaban J connectivity index is 1.63. The fourth-order valence-electron chi connectivity index (χ4n) is 2.43. The van der Waals surface area contributed by atoms with Crippen molar-refractivity contribution in [3.05, 3.63) is 57.6 Å². The maximum atomic E-state index is 10.9. The van der Waals surface area contributed by atoms with Gasteiger partial charge in [-0.2, -0.15) is 0 Å². The summed E-state index contributed by atoms with van der Waals surface area (Å²) >= 11 is 3.32. The van der Waals surface area contributed by atoms with Crippen LogP contribution in [0.5, 0.6) is 11.5 Å². The van der Waals surface area contributed by atoms with E-state index in [0.717, 1.165) is 22.9 Å². The number of rotatable bonds is 4. The van der Waals surface area contributed by atoms with Gasteiger partial charge in [-0.3, -0.25) is 4.79 Å². The Hall–Kier alpha value is -1.81. The van der Waals surface area contributed by atoms with Gasteiger partial charge in [0, 0.05) is 16.5 Å². The van der Waals surface area contributed by atoms with Crippen LogP contribution in [0.3, 0.4) is 0 Å². The van der Waals surface area contributed by atoms with Crippen LogP contribution in [-0.2, 0) is 6.42 Å². The highest BCUT2D eigenvalue weighted by Gasteiger charge is 2.23. The summed E-state index contributed by atoms with van der Waals surface area (Å²) in [5.74, 6) is 1.62. The van der Waals surface area contributed by atoms with Gasteiger partial charge in [0.2, 0.25) is 0 Å². The Bertz CT molecular complexity index is 682. The molecule has 0 fully saturated rings. The zero-order chi connectivity index (χ0) is 14.8. The van der Waals surface area contributed by atoms with Crippen molar-refractivity contribution in [2.24, 2.45) is 0 Å². The molecule has 0 radical (unpaired) electrons. The van der Waals surface area contributed by atoms with E-state index >= 15 is 0 Å². The average molecular weight is 347 g/mol. The minimum atomic E-state index is 0.0186. The smallest absolute Gasteiger partial charge is 0.151 e. The van der Waals surface area contributed by atoms with E-state index in [1.165, 1.54) is 11.1 Å². The molecule has 0 bridgehead atoms. The highest BCUT2D eigenvalue weighted by molar-refractivity contribution is 9.10. The summed E-state index contributed by atoms with van der Waals surface area (Å²) < 4.78 is 12.4. The third-order valence-electron chi connectivity index (χ3n) is 3.49. The zero-order valence-electron chi connectivity index (χ0n) is 11.6. The third-order valence-corrected chi connectivity index (χ3v) is 4.21. The van der Waals surface area contributed by atoms with Gasteiger partial charge in [0.05, 0.1) is 0 Å². The fourth-order valence-corrected chi connectivity index (χ4v) is 2.77. The largest absolute Gasteiger partial charge is 0.490 e.